The van der Waals surface area contributed by atoms with Crippen molar-refractivity contribution in [2.45, 2.75) is 65.8 Å². The molecule has 0 aliphatic carbocycles. The first-order chi connectivity index (χ1) is 10.6. The van der Waals surface area contributed by atoms with Crippen LogP contribution < -0.4 is 0 Å². The van der Waals surface area contributed by atoms with Crippen molar-refractivity contribution in [1.29, 1.82) is 0 Å². The van der Waals surface area contributed by atoms with Crippen molar-refractivity contribution in [1.82, 2.24) is 0 Å². The van der Waals surface area contributed by atoms with E-state index in [9.17, 15) is 9.59 Å². The number of ether oxygens (including phenoxy) is 2. The maximum absolute atomic E-state index is 9.37. The molecule has 0 bridgehead atoms. The number of carboxylic acids is 2. The number of carboxylic acid groups (broad SMARTS) is 2. The summed E-state index contributed by atoms with van der Waals surface area (Å²) < 4.78 is 10.5. The first-order valence-corrected chi connectivity index (χ1v) is 7.56. The minimum atomic E-state index is -0.745. The van der Waals surface area contributed by atoms with Gasteiger partial charge in [-0.15, -0.1) is 0 Å². The summed E-state index contributed by atoms with van der Waals surface area (Å²) in [5, 5.41) is 33.0. The molecule has 8 heteroatoms. The highest BCUT2D eigenvalue weighted by Gasteiger charge is 2.06. The third-order valence-electron chi connectivity index (χ3n) is 2.10. The molecular weight excluding hydrogens is 308 g/mol. The average Bonchev–Trinajstić information content (AvgIpc) is 2.51. The van der Waals surface area contributed by atoms with Crippen molar-refractivity contribution in [3.05, 3.63) is 0 Å². The number of aliphatic carboxylic acids is 2. The minimum absolute atomic E-state index is 0.0170. The summed E-state index contributed by atoms with van der Waals surface area (Å²) >= 11 is 0. The molecule has 23 heavy (non-hydrogen) atoms. The molecule has 0 radical (unpaired) electrons. The summed E-state index contributed by atoms with van der Waals surface area (Å²) in [5.41, 5.74) is 0. The van der Waals surface area contributed by atoms with Crippen LogP contribution in [0.25, 0.3) is 0 Å². The van der Waals surface area contributed by atoms with Gasteiger partial charge in [0.05, 0.1) is 38.1 Å². The van der Waals surface area contributed by atoms with E-state index in [-0.39, 0.29) is 31.7 Å². The van der Waals surface area contributed by atoms with Gasteiger partial charge >= 0.3 is 11.9 Å². The molecule has 140 valence electrons. The van der Waals surface area contributed by atoms with Gasteiger partial charge in [-0.05, 0) is 20.8 Å². The molecule has 0 spiro atoms. The molecule has 0 amide bonds. The number of hydrogen-bond donors (Lipinski definition) is 4. The third kappa shape index (κ3) is 33.5. The second kappa shape index (κ2) is 18.8. The molecule has 3 unspecified atom stereocenters. The van der Waals surface area contributed by atoms with Crippen molar-refractivity contribution in [2.75, 3.05) is 19.8 Å². The molecule has 0 heterocycles. The van der Waals surface area contributed by atoms with Crippen molar-refractivity contribution >= 4 is 11.9 Å². The van der Waals surface area contributed by atoms with Gasteiger partial charge in [0.15, 0.2) is 0 Å². The van der Waals surface area contributed by atoms with E-state index in [1.807, 2.05) is 6.92 Å². The third-order valence-corrected chi connectivity index (χ3v) is 2.10. The molecule has 3 atom stereocenters. The highest BCUT2D eigenvalue weighted by Crippen LogP contribution is 1.97. The van der Waals surface area contributed by atoms with Crippen molar-refractivity contribution < 1.29 is 39.5 Å². The molecule has 0 aromatic heterocycles. The van der Waals surface area contributed by atoms with Crippen LogP contribution >= 0.6 is 0 Å². The summed E-state index contributed by atoms with van der Waals surface area (Å²) in [5.74, 6) is -1.49. The maximum Gasteiger partial charge on any atom is 0.303 e. The Labute approximate surface area is 138 Å². The predicted octanol–water partition coefficient (Wildman–Crippen LogP) is 1.13. The molecule has 0 saturated heterocycles. The number of hydrogen-bond acceptors (Lipinski definition) is 6. The van der Waals surface area contributed by atoms with Crippen LogP contribution in [-0.2, 0) is 19.1 Å². The van der Waals surface area contributed by atoms with Crippen LogP contribution in [0.1, 0.15) is 47.5 Å². The van der Waals surface area contributed by atoms with Crippen LogP contribution in [0.15, 0.2) is 0 Å². The molecule has 4 N–H and O–H groups in total. The predicted molar refractivity (Wildman–Crippen MR) is 85.4 cm³/mol. The van der Waals surface area contributed by atoms with E-state index >= 15 is 0 Å². The number of aliphatic hydroxyl groups is 2. The Morgan fingerprint density at radius 2 is 1.22 bits per heavy atom. The van der Waals surface area contributed by atoms with Gasteiger partial charge in [-0.25, -0.2) is 0 Å². The van der Waals surface area contributed by atoms with Gasteiger partial charge in [-0.1, -0.05) is 13.8 Å². The highest BCUT2D eigenvalue weighted by atomic mass is 16.5. The van der Waals surface area contributed by atoms with Crippen molar-refractivity contribution in [3.63, 3.8) is 0 Å². The van der Waals surface area contributed by atoms with E-state index in [1.54, 1.807) is 27.7 Å². The molecule has 0 rings (SSSR count). The Morgan fingerprint density at radius 3 is 1.48 bits per heavy atom. The van der Waals surface area contributed by atoms with Crippen LogP contribution in [0.3, 0.4) is 0 Å². The maximum atomic E-state index is 9.37. The lowest BCUT2D eigenvalue weighted by Gasteiger charge is -2.16. The van der Waals surface area contributed by atoms with Gasteiger partial charge in [0.2, 0.25) is 0 Å². The fraction of sp³-hybridized carbons (Fsp3) is 0.867. The zero-order valence-corrected chi connectivity index (χ0v) is 14.7. The van der Waals surface area contributed by atoms with Crippen LogP contribution in [0.5, 0.6) is 0 Å². The van der Waals surface area contributed by atoms with Crippen molar-refractivity contribution in [3.8, 4) is 0 Å². The Hall–Kier alpha value is -1.22. The monoisotopic (exact) mass is 340 g/mol. The molecule has 0 aliphatic heterocycles. The van der Waals surface area contributed by atoms with Crippen molar-refractivity contribution in [2.24, 2.45) is 0 Å². The largest absolute Gasteiger partial charge is 0.481 e. The minimum Gasteiger partial charge on any atom is -0.481 e. The van der Waals surface area contributed by atoms with E-state index in [1.165, 1.54) is 0 Å². The summed E-state index contributed by atoms with van der Waals surface area (Å²) in [6.07, 6.45) is -0.209. The fourth-order valence-corrected chi connectivity index (χ4v) is 0.704. The Bertz CT molecular complexity index is 267. The van der Waals surface area contributed by atoms with Gasteiger partial charge < -0.3 is 29.9 Å². The molecule has 0 fully saturated rings. The summed E-state index contributed by atoms with van der Waals surface area (Å²) in [7, 11) is 0. The lowest BCUT2D eigenvalue weighted by Crippen LogP contribution is -2.24. The summed E-state index contributed by atoms with van der Waals surface area (Å²) in [4.78, 5) is 18.7. The van der Waals surface area contributed by atoms with Gasteiger partial charge in [0.1, 0.15) is 0 Å². The molecular formula is C15H32O8. The van der Waals surface area contributed by atoms with Crippen LogP contribution in [0.2, 0.25) is 0 Å². The van der Waals surface area contributed by atoms with Crippen LogP contribution in [-0.4, -0.2) is 70.5 Å². The van der Waals surface area contributed by atoms with Gasteiger partial charge in [-0.3, -0.25) is 9.59 Å². The number of carbonyl (C=O) groups is 2. The first kappa shape index (κ1) is 26.7. The molecule has 8 nitrogen and oxygen atoms in total. The van der Waals surface area contributed by atoms with Crippen LogP contribution in [0.4, 0.5) is 0 Å². The smallest absolute Gasteiger partial charge is 0.303 e. The fourth-order valence-electron chi connectivity index (χ4n) is 0.704. The average molecular weight is 340 g/mol. The van der Waals surface area contributed by atoms with E-state index < -0.39 is 18.0 Å². The Kier molecular flexibility index (Phi) is 21.8. The van der Waals surface area contributed by atoms with Gasteiger partial charge in [0.25, 0.3) is 0 Å². The summed E-state index contributed by atoms with van der Waals surface area (Å²) in [6, 6.07) is 0. The molecule has 0 saturated carbocycles. The van der Waals surface area contributed by atoms with E-state index in [0.717, 1.165) is 0 Å². The van der Waals surface area contributed by atoms with Crippen LogP contribution in [0, 0.1) is 0 Å². The zero-order valence-electron chi connectivity index (χ0n) is 14.7. The van der Waals surface area contributed by atoms with E-state index in [2.05, 4.69) is 0 Å². The summed E-state index contributed by atoms with van der Waals surface area (Å²) in [6.45, 7) is 9.30. The second-order valence-corrected chi connectivity index (χ2v) is 4.81. The zero-order chi connectivity index (χ0) is 18.8. The Balaban J connectivity index is -0.000000329. The normalized spacial score (nSPS) is 13.5. The molecule has 0 aromatic rings. The lowest BCUT2D eigenvalue weighted by molar-refractivity contribution is -0.137. The number of rotatable bonds is 9. The molecule has 0 aliphatic rings. The Morgan fingerprint density at radius 1 is 0.870 bits per heavy atom. The highest BCUT2D eigenvalue weighted by molar-refractivity contribution is 5.66. The first-order valence-electron chi connectivity index (χ1n) is 7.56. The molecule has 0 aromatic carbocycles. The number of aliphatic hydroxyl groups excluding tert-OH is 2. The van der Waals surface area contributed by atoms with E-state index in [0.29, 0.717) is 13.2 Å². The topological polar surface area (TPSA) is 134 Å². The van der Waals surface area contributed by atoms with Gasteiger partial charge in [0, 0.05) is 12.8 Å². The lowest BCUT2D eigenvalue weighted by atomic mass is 10.4. The second-order valence-electron chi connectivity index (χ2n) is 4.81. The standard InChI is InChI=1S/C9H20O4.2C3H6O2/c1-7(11)5-12-9(3)6-13-8(2)4-10;2*1-2-3(4)5/h7-11H,4-6H2,1-3H3;2*2H2,1H3,(H,4,5). The SMILES string of the molecule is CC(O)COC(C)COC(C)CO.CCC(=O)O.CCC(=O)O. The quantitative estimate of drug-likeness (QED) is 0.491. The van der Waals surface area contributed by atoms with Gasteiger partial charge in [-0.2, -0.15) is 0 Å². The van der Waals surface area contributed by atoms with E-state index in [4.69, 9.17) is 29.9 Å².